The van der Waals surface area contributed by atoms with Gasteiger partial charge < -0.3 is 14.8 Å². The molecule has 4 heteroatoms. The molecule has 2 heterocycles. The van der Waals surface area contributed by atoms with Crippen LogP contribution in [0.2, 0.25) is 0 Å². The molecule has 0 aromatic carbocycles. The Morgan fingerprint density at radius 2 is 2.19 bits per heavy atom. The quantitative estimate of drug-likeness (QED) is 0.695. The van der Waals surface area contributed by atoms with Crippen LogP contribution in [0, 0.1) is 5.92 Å². The smallest absolute Gasteiger partial charge is 0.0701 e. The minimum atomic E-state index is 0.210. The van der Waals surface area contributed by atoms with Crippen LogP contribution in [0.25, 0.3) is 0 Å². The molecule has 0 bridgehead atoms. The highest BCUT2D eigenvalue weighted by Gasteiger charge is 2.40. The molecule has 1 spiro atoms. The standard InChI is InChI=1S/C17H33NO2S/c1-3-9-18-16(5-4-10-19-2)15-6-11-20-17(14-15)7-12-21-13-8-17/h15-16,18H,3-14H2,1-2H3. The second-order valence-electron chi connectivity index (χ2n) is 6.59. The minimum absolute atomic E-state index is 0.210. The topological polar surface area (TPSA) is 30.5 Å². The molecule has 2 aliphatic heterocycles. The first-order chi connectivity index (χ1) is 10.3. The van der Waals surface area contributed by atoms with Gasteiger partial charge in [0, 0.05) is 26.4 Å². The van der Waals surface area contributed by atoms with Crippen LogP contribution in [0.4, 0.5) is 0 Å². The van der Waals surface area contributed by atoms with Gasteiger partial charge in [0.15, 0.2) is 0 Å². The number of hydrogen-bond acceptors (Lipinski definition) is 4. The molecule has 2 saturated heterocycles. The molecule has 0 aromatic heterocycles. The number of nitrogens with one attached hydrogen (secondary N) is 1. The third-order valence-electron chi connectivity index (χ3n) is 5.02. The molecule has 1 N–H and O–H groups in total. The van der Waals surface area contributed by atoms with Crippen LogP contribution in [0.5, 0.6) is 0 Å². The third kappa shape index (κ3) is 5.42. The van der Waals surface area contributed by atoms with E-state index in [1.807, 2.05) is 0 Å². The molecule has 124 valence electrons. The largest absolute Gasteiger partial charge is 0.385 e. The number of thioether (sulfide) groups is 1. The lowest BCUT2D eigenvalue weighted by molar-refractivity contribution is -0.107. The van der Waals surface area contributed by atoms with Crippen molar-refractivity contribution in [3.05, 3.63) is 0 Å². The summed E-state index contributed by atoms with van der Waals surface area (Å²) in [6, 6.07) is 0.649. The van der Waals surface area contributed by atoms with E-state index in [1.165, 1.54) is 50.0 Å². The van der Waals surface area contributed by atoms with Crippen LogP contribution in [0.3, 0.4) is 0 Å². The van der Waals surface area contributed by atoms with E-state index in [0.717, 1.165) is 32.1 Å². The van der Waals surface area contributed by atoms with Gasteiger partial charge in [-0.15, -0.1) is 0 Å². The zero-order valence-corrected chi connectivity index (χ0v) is 14.7. The van der Waals surface area contributed by atoms with Gasteiger partial charge >= 0.3 is 0 Å². The highest BCUT2D eigenvalue weighted by Crippen LogP contribution is 2.41. The average molecular weight is 316 g/mol. The Bertz CT molecular complexity index is 276. The minimum Gasteiger partial charge on any atom is -0.385 e. The van der Waals surface area contributed by atoms with E-state index in [0.29, 0.717) is 6.04 Å². The van der Waals surface area contributed by atoms with Gasteiger partial charge in [0.1, 0.15) is 0 Å². The fourth-order valence-corrected chi connectivity index (χ4v) is 5.02. The summed E-state index contributed by atoms with van der Waals surface area (Å²) in [7, 11) is 1.80. The highest BCUT2D eigenvalue weighted by molar-refractivity contribution is 7.99. The van der Waals surface area contributed by atoms with Crippen molar-refractivity contribution in [2.45, 2.75) is 63.5 Å². The fourth-order valence-electron chi connectivity index (χ4n) is 3.78. The maximum absolute atomic E-state index is 6.25. The van der Waals surface area contributed by atoms with Crippen molar-refractivity contribution in [1.29, 1.82) is 0 Å². The van der Waals surface area contributed by atoms with Gasteiger partial charge in [0.2, 0.25) is 0 Å². The molecule has 0 amide bonds. The van der Waals surface area contributed by atoms with E-state index >= 15 is 0 Å². The van der Waals surface area contributed by atoms with Gasteiger partial charge in [-0.2, -0.15) is 11.8 Å². The van der Waals surface area contributed by atoms with E-state index in [9.17, 15) is 0 Å². The second-order valence-corrected chi connectivity index (χ2v) is 7.82. The van der Waals surface area contributed by atoms with E-state index in [1.54, 1.807) is 7.11 Å². The van der Waals surface area contributed by atoms with Gasteiger partial charge in [-0.3, -0.25) is 0 Å². The Hall–Kier alpha value is 0.230. The number of ether oxygens (including phenoxy) is 2. The molecular formula is C17H33NO2S. The lowest BCUT2D eigenvalue weighted by Crippen LogP contribution is -2.48. The number of methoxy groups -OCH3 is 1. The average Bonchev–Trinajstić information content (AvgIpc) is 2.51. The van der Waals surface area contributed by atoms with Gasteiger partial charge in [-0.05, 0) is 68.9 Å². The summed E-state index contributed by atoms with van der Waals surface area (Å²) in [5.41, 5.74) is 0.210. The fraction of sp³-hybridized carbons (Fsp3) is 1.00. The summed E-state index contributed by atoms with van der Waals surface area (Å²) in [6.45, 7) is 5.24. The molecule has 0 saturated carbocycles. The normalized spacial score (nSPS) is 26.9. The first-order valence-electron chi connectivity index (χ1n) is 8.74. The maximum Gasteiger partial charge on any atom is 0.0701 e. The van der Waals surface area contributed by atoms with Crippen molar-refractivity contribution in [1.82, 2.24) is 5.32 Å². The van der Waals surface area contributed by atoms with Gasteiger partial charge in [-0.1, -0.05) is 6.92 Å². The Kier molecular flexibility index (Phi) is 7.86. The van der Waals surface area contributed by atoms with E-state index in [4.69, 9.17) is 9.47 Å². The van der Waals surface area contributed by atoms with Crippen molar-refractivity contribution < 1.29 is 9.47 Å². The number of hydrogen-bond donors (Lipinski definition) is 1. The molecule has 2 atom stereocenters. The van der Waals surface area contributed by atoms with Gasteiger partial charge in [0.25, 0.3) is 0 Å². The third-order valence-corrected chi connectivity index (χ3v) is 6.01. The highest BCUT2D eigenvalue weighted by atomic mass is 32.2. The summed E-state index contributed by atoms with van der Waals surface area (Å²) in [5, 5.41) is 3.80. The Morgan fingerprint density at radius 1 is 1.38 bits per heavy atom. The summed E-state index contributed by atoms with van der Waals surface area (Å²) in [5.74, 6) is 3.35. The molecule has 2 rings (SSSR count). The van der Waals surface area contributed by atoms with E-state index < -0.39 is 0 Å². The summed E-state index contributed by atoms with van der Waals surface area (Å²) < 4.78 is 11.5. The monoisotopic (exact) mass is 315 g/mol. The van der Waals surface area contributed by atoms with Crippen LogP contribution in [0.15, 0.2) is 0 Å². The molecule has 2 aliphatic rings. The SMILES string of the molecule is CCCNC(CCCOC)C1CCOC2(CCSCC2)C1. The van der Waals surface area contributed by atoms with Crippen LogP contribution >= 0.6 is 11.8 Å². The molecule has 2 fully saturated rings. The van der Waals surface area contributed by atoms with Crippen molar-refractivity contribution in [3.63, 3.8) is 0 Å². The first kappa shape index (κ1) is 17.6. The zero-order chi connectivity index (χ0) is 15.0. The Balaban J connectivity index is 1.90. The van der Waals surface area contributed by atoms with Crippen LogP contribution in [0.1, 0.15) is 51.9 Å². The van der Waals surface area contributed by atoms with E-state index in [-0.39, 0.29) is 5.60 Å². The molecular weight excluding hydrogens is 282 g/mol. The van der Waals surface area contributed by atoms with Crippen molar-refractivity contribution in [2.75, 3.05) is 38.4 Å². The lowest BCUT2D eigenvalue weighted by atomic mass is 9.77. The molecule has 0 aliphatic carbocycles. The number of rotatable bonds is 8. The van der Waals surface area contributed by atoms with Crippen LogP contribution < -0.4 is 5.32 Å². The lowest BCUT2D eigenvalue weighted by Gasteiger charge is -2.45. The molecule has 21 heavy (non-hydrogen) atoms. The predicted molar refractivity (Wildman–Crippen MR) is 91.2 cm³/mol. The van der Waals surface area contributed by atoms with Crippen molar-refractivity contribution in [3.8, 4) is 0 Å². The molecule has 2 unspecified atom stereocenters. The van der Waals surface area contributed by atoms with Crippen molar-refractivity contribution in [2.24, 2.45) is 5.92 Å². The molecule has 0 radical (unpaired) electrons. The van der Waals surface area contributed by atoms with E-state index in [2.05, 4.69) is 24.0 Å². The molecule has 3 nitrogen and oxygen atoms in total. The second kappa shape index (κ2) is 9.39. The Morgan fingerprint density at radius 3 is 2.90 bits per heavy atom. The Labute approximate surface area is 134 Å². The first-order valence-corrected chi connectivity index (χ1v) is 9.89. The molecule has 0 aromatic rings. The summed E-state index contributed by atoms with van der Waals surface area (Å²) in [6.07, 6.45) is 8.62. The van der Waals surface area contributed by atoms with Crippen LogP contribution in [-0.2, 0) is 9.47 Å². The van der Waals surface area contributed by atoms with Crippen molar-refractivity contribution >= 4 is 11.8 Å². The maximum atomic E-state index is 6.25. The zero-order valence-electron chi connectivity index (χ0n) is 13.9. The van der Waals surface area contributed by atoms with Gasteiger partial charge in [0.05, 0.1) is 5.60 Å². The van der Waals surface area contributed by atoms with Crippen LogP contribution in [-0.4, -0.2) is 50.0 Å². The van der Waals surface area contributed by atoms with Gasteiger partial charge in [-0.25, -0.2) is 0 Å². The summed E-state index contributed by atoms with van der Waals surface area (Å²) in [4.78, 5) is 0. The predicted octanol–water partition coefficient (Wildman–Crippen LogP) is 3.47. The summed E-state index contributed by atoms with van der Waals surface area (Å²) >= 11 is 2.09.